The van der Waals surface area contributed by atoms with Crippen LogP contribution in [0.1, 0.15) is 11.4 Å². The fraction of sp³-hybridized carbons (Fsp3) is 0. The van der Waals surface area contributed by atoms with Gasteiger partial charge in [-0.05, 0) is 10.3 Å². The minimum Gasteiger partial charge on any atom is -0.283 e. The molecule has 12 heavy (non-hydrogen) atoms. The zero-order chi connectivity index (χ0) is 8.39. The molecule has 0 radical (unpaired) electrons. The van der Waals surface area contributed by atoms with E-state index in [0.717, 1.165) is 0 Å². The minimum absolute atomic E-state index is 0.0896. The van der Waals surface area contributed by atoms with Crippen molar-refractivity contribution in [2.75, 3.05) is 0 Å². The average Bonchev–Trinajstić information content (AvgIpc) is 2.74. The summed E-state index contributed by atoms with van der Waals surface area (Å²) in [6.45, 7) is 0. The highest BCUT2D eigenvalue weighted by Crippen LogP contribution is 2.01. The van der Waals surface area contributed by atoms with Crippen LogP contribution in [0.5, 0.6) is 0 Å². The molecule has 2 heterocycles. The molecule has 2 rings (SSSR count). The number of nitrogens with one attached hydrogen (secondary N) is 3. The second-order valence-electron chi connectivity index (χ2n) is 1.90. The summed E-state index contributed by atoms with van der Waals surface area (Å²) in [7, 11) is 0. The van der Waals surface area contributed by atoms with Gasteiger partial charge in [-0.15, -0.1) is 10.6 Å². The molecule has 0 aliphatic carbocycles. The Morgan fingerprint density at radius 2 is 2.33 bits per heavy atom. The Bertz CT molecular complexity index is 360. The van der Waals surface area contributed by atoms with Gasteiger partial charge in [0.2, 0.25) is 5.69 Å². The normalized spacial score (nSPS) is 14.4. The minimum atomic E-state index is 0.0896. The lowest BCUT2D eigenvalue weighted by Gasteiger charge is -1.91. The number of nitrogens with zero attached hydrogens (tertiary/aromatic N) is 4. The van der Waals surface area contributed by atoms with Crippen LogP contribution in [0.4, 0.5) is 0 Å². The van der Waals surface area contributed by atoms with Crippen LogP contribution >= 0.6 is 0 Å². The molecule has 8 heteroatoms. The van der Waals surface area contributed by atoms with Gasteiger partial charge in [0.05, 0.1) is 0 Å². The van der Waals surface area contributed by atoms with Crippen molar-refractivity contribution in [3.05, 3.63) is 11.4 Å². The van der Waals surface area contributed by atoms with Crippen molar-refractivity contribution < 1.29 is 4.63 Å². The largest absolute Gasteiger partial charge is 0.283 e. The third kappa shape index (κ3) is 0.850. The number of nitriles is 1. The third-order valence-electron chi connectivity index (χ3n) is 1.22. The van der Waals surface area contributed by atoms with Crippen LogP contribution in [0.15, 0.2) is 9.73 Å². The van der Waals surface area contributed by atoms with Gasteiger partial charge in [-0.1, -0.05) is 0 Å². The van der Waals surface area contributed by atoms with E-state index in [1.807, 2.05) is 6.07 Å². The van der Waals surface area contributed by atoms with E-state index >= 15 is 0 Å². The highest BCUT2D eigenvalue weighted by Gasteiger charge is 2.18. The molecule has 1 aromatic rings. The Hall–Kier alpha value is -2.14. The first kappa shape index (κ1) is 6.56. The summed E-state index contributed by atoms with van der Waals surface area (Å²) >= 11 is 0. The Kier molecular flexibility index (Phi) is 1.36. The van der Waals surface area contributed by atoms with E-state index < -0.39 is 0 Å². The van der Waals surface area contributed by atoms with E-state index in [2.05, 4.69) is 36.5 Å². The number of rotatable bonds is 1. The second kappa shape index (κ2) is 2.48. The third-order valence-corrected chi connectivity index (χ3v) is 1.22. The number of hydrogen-bond acceptors (Lipinski definition) is 8. The lowest BCUT2D eigenvalue weighted by atomic mass is 10.3. The van der Waals surface area contributed by atoms with E-state index in [4.69, 9.17) is 5.26 Å². The van der Waals surface area contributed by atoms with E-state index in [9.17, 15) is 0 Å². The van der Waals surface area contributed by atoms with E-state index in [0.29, 0.717) is 5.84 Å². The van der Waals surface area contributed by atoms with Crippen molar-refractivity contribution in [3.8, 4) is 6.07 Å². The fourth-order valence-corrected chi connectivity index (χ4v) is 0.728. The van der Waals surface area contributed by atoms with Gasteiger partial charge >= 0.3 is 0 Å². The van der Waals surface area contributed by atoms with Gasteiger partial charge in [0.15, 0.2) is 11.5 Å². The van der Waals surface area contributed by atoms with E-state index in [1.165, 1.54) is 0 Å². The molecule has 0 amide bonds. The highest BCUT2D eigenvalue weighted by atomic mass is 16.6. The van der Waals surface area contributed by atoms with Crippen LogP contribution in [-0.2, 0) is 0 Å². The topological polar surface area (TPSA) is 111 Å². The molecule has 1 aliphatic heterocycles. The maximum atomic E-state index is 8.53. The maximum absolute atomic E-state index is 8.53. The van der Waals surface area contributed by atoms with Gasteiger partial charge in [-0.25, -0.2) is 10.2 Å². The maximum Gasteiger partial charge on any atom is 0.215 e. The molecule has 0 bridgehead atoms. The molecule has 0 spiro atoms. The van der Waals surface area contributed by atoms with Crippen LogP contribution in [0.3, 0.4) is 0 Å². The first-order chi connectivity index (χ1) is 5.92. The van der Waals surface area contributed by atoms with Crippen LogP contribution in [0, 0.1) is 11.3 Å². The molecular formula is C4H3N7O. The molecule has 8 nitrogen and oxygen atoms in total. The predicted octanol–water partition coefficient (Wildman–Crippen LogP) is -1.78. The molecule has 0 aromatic carbocycles. The summed E-state index contributed by atoms with van der Waals surface area (Å²) in [4.78, 5) is 0. The first-order valence-electron chi connectivity index (χ1n) is 2.98. The Morgan fingerprint density at radius 3 is 3.00 bits per heavy atom. The summed E-state index contributed by atoms with van der Waals surface area (Å²) in [5, 5.41) is 19.1. The van der Waals surface area contributed by atoms with Gasteiger partial charge in [0.25, 0.3) is 0 Å². The second-order valence-corrected chi connectivity index (χ2v) is 1.90. The van der Waals surface area contributed by atoms with Crippen molar-refractivity contribution in [3.63, 3.8) is 0 Å². The number of amidine groups is 1. The first-order valence-corrected chi connectivity index (χ1v) is 2.98. The van der Waals surface area contributed by atoms with Gasteiger partial charge in [-0.3, -0.25) is 5.43 Å². The smallest absolute Gasteiger partial charge is 0.215 e. The fourth-order valence-electron chi connectivity index (χ4n) is 0.728. The molecule has 3 N–H and O–H groups in total. The Balaban J connectivity index is 2.40. The van der Waals surface area contributed by atoms with Crippen molar-refractivity contribution in [2.24, 2.45) is 5.10 Å². The number of hydrogen-bond donors (Lipinski definition) is 3. The van der Waals surface area contributed by atoms with E-state index in [-0.39, 0.29) is 11.4 Å². The van der Waals surface area contributed by atoms with Gasteiger partial charge in [-0.2, -0.15) is 5.26 Å². The summed E-state index contributed by atoms with van der Waals surface area (Å²) in [5.41, 5.74) is 7.88. The molecule has 0 saturated heterocycles. The summed E-state index contributed by atoms with van der Waals surface area (Å²) in [6.07, 6.45) is 0. The van der Waals surface area contributed by atoms with E-state index in [1.54, 1.807) is 0 Å². The zero-order valence-corrected chi connectivity index (χ0v) is 5.70. The molecule has 0 atom stereocenters. The van der Waals surface area contributed by atoms with Crippen LogP contribution in [0.2, 0.25) is 0 Å². The van der Waals surface area contributed by atoms with Crippen LogP contribution in [-0.4, -0.2) is 16.1 Å². The monoisotopic (exact) mass is 165 g/mol. The summed E-state index contributed by atoms with van der Waals surface area (Å²) in [6, 6.07) is 1.81. The number of hydrazone groups is 1. The molecule has 0 unspecified atom stereocenters. The molecule has 1 aromatic heterocycles. The van der Waals surface area contributed by atoms with Crippen LogP contribution < -0.4 is 16.5 Å². The molecule has 1 aliphatic rings. The van der Waals surface area contributed by atoms with Gasteiger partial charge in [0, 0.05) is 0 Å². The van der Waals surface area contributed by atoms with Crippen molar-refractivity contribution in [2.45, 2.75) is 0 Å². The Labute approximate surface area is 66.1 Å². The number of aromatic nitrogens is 2. The van der Waals surface area contributed by atoms with Gasteiger partial charge < -0.3 is 0 Å². The van der Waals surface area contributed by atoms with Crippen molar-refractivity contribution in [1.29, 1.82) is 5.26 Å². The highest BCUT2D eigenvalue weighted by molar-refractivity contribution is 5.98. The van der Waals surface area contributed by atoms with Gasteiger partial charge in [0.1, 0.15) is 6.07 Å². The van der Waals surface area contributed by atoms with Crippen LogP contribution in [0.25, 0.3) is 0 Å². The van der Waals surface area contributed by atoms with Crippen molar-refractivity contribution in [1.82, 2.24) is 26.8 Å². The number of hydrazine groups is 2. The summed E-state index contributed by atoms with van der Waals surface area (Å²) in [5.74, 6) is 0.368. The zero-order valence-electron chi connectivity index (χ0n) is 5.70. The molecule has 0 saturated carbocycles. The lowest BCUT2D eigenvalue weighted by Crippen LogP contribution is -2.35. The molecular weight excluding hydrogens is 162 g/mol. The SMILES string of the molecule is N#Cc1nonc1C1=NNNN1. The predicted molar refractivity (Wildman–Crippen MR) is 35.0 cm³/mol. The average molecular weight is 165 g/mol. The molecule has 60 valence electrons. The standard InChI is InChI=1S/C4H3N7O/c5-1-2-3(9-12-8-2)4-6-10-11-7-4/h10-11H,(H,6,7). The summed E-state index contributed by atoms with van der Waals surface area (Å²) < 4.78 is 4.35. The quantitative estimate of drug-likeness (QED) is 0.450. The van der Waals surface area contributed by atoms with Crippen molar-refractivity contribution >= 4 is 5.84 Å². The molecule has 0 fully saturated rings. The lowest BCUT2D eigenvalue weighted by molar-refractivity contribution is 0.305. The Morgan fingerprint density at radius 1 is 1.42 bits per heavy atom.